The van der Waals surface area contributed by atoms with E-state index in [1.54, 1.807) is 6.92 Å². The fourth-order valence-electron chi connectivity index (χ4n) is 0.895. The molecule has 0 unspecified atom stereocenters. The molecule has 82 valence electrons. The van der Waals surface area contributed by atoms with Gasteiger partial charge in [-0.1, -0.05) is 11.8 Å². The number of aryl methyl sites for hydroxylation is 1. The third-order valence-corrected chi connectivity index (χ3v) is 2.65. The fraction of sp³-hybridized carbons (Fsp3) is 0.444. The first-order valence-corrected chi connectivity index (χ1v) is 6.19. The van der Waals surface area contributed by atoms with Gasteiger partial charge < -0.3 is 4.74 Å². The zero-order valence-corrected chi connectivity index (χ0v) is 10.9. The van der Waals surface area contributed by atoms with E-state index in [9.17, 15) is 4.79 Å². The molecule has 6 heteroatoms. The molecule has 0 radical (unpaired) electrons. The summed E-state index contributed by atoms with van der Waals surface area (Å²) in [6.07, 6.45) is 0. The predicted molar refractivity (Wildman–Crippen MR) is 61.8 cm³/mol. The van der Waals surface area contributed by atoms with Gasteiger partial charge in [0.2, 0.25) is 0 Å². The molecule has 0 aliphatic carbocycles. The number of carbonyl (C=O) groups excluding carboxylic acids is 1. The molecule has 0 saturated heterocycles. The van der Waals surface area contributed by atoms with Crippen LogP contribution in [0.5, 0.6) is 0 Å². The number of hydrogen-bond donors (Lipinski definition) is 0. The Morgan fingerprint density at radius 2 is 2.33 bits per heavy atom. The van der Waals surface area contributed by atoms with Gasteiger partial charge in [-0.05, 0) is 35.8 Å². The summed E-state index contributed by atoms with van der Waals surface area (Å²) in [7, 11) is 0. The van der Waals surface area contributed by atoms with Crippen molar-refractivity contribution in [3.05, 3.63) is 16.4 Å². The van der Waals surface area contributed by atoms with Gasteiger partial charge in [-0.25, -0.2) is 9.97 Å². The van der Waals surface area contributed by atoms with E-state index < -0.39 is 0 Å². The normalized spacial score (nSPS) is 10.1. The van der Waals surface area contributed by atoms with Crippen molar-refractivity contribution < 1.29 is 9.53 Å². The molecule has 0 atom stereocenters. The Labute approximate surface area is 101 Å². The van der Waals surface area contributed by atoms with Gasteiger partial charge in [0, 0.05) is 5.69 Å². The lowest BCUT2D eigenvalue weighted by Gasteiger charge is -2.02. The van der Waals surface area contributed by atoms with E-state index in [0.717, 1.165) is 10.3 Å². The van der Waals surface area contributed by atoms with Crippen molar-refractivity contribution >= 4 is 33.7 Å². The minimum Gasteiger partial charge on any atom is -0.465 e. The van der Waals surface area contributed by atoms with Gasteiger partial charge in [-0.2, -0.15) is 0 Å². The third-order valence-electron chi connectivity index (χ3n) is 1.43. The van der Waals surface area contributed by atoms with Crippen molar-refractivity contribution in [3.8, 4) is 0 Å². The minimum atomic E-state index is -0.247. The van der Waals surface area contributed by atoms with E-state index in [4.69, 9.17) is 4.74 Å². The molecule has 4 nitrogen and oxygen atoms in total. The third kappa shape index (κ3) is 4.61. The van der Waals surface area contributed by atoms with Crippen LogP contribution in [-0.2, 0) is 9.53 Å². The summed E-state index contributed by atoms with van der Waals surface area (Å²) < 4.78 is 5.52. The molecule has 15 heavy (non-hydrogen) atoms. The molecule has 0 aliphatic heterocycles. The maximum atomic E-state index is 11.1. The highest BCUT2D eigenvalue weighted by molar-refractivity contribution is 9.10. The van der Waals surface area contributed by atoms with Crippen LogP contribution in [0.4, 0.5) is 0 Å². The number of halogens is 1. The Morgan fingerprint density at radius 1 is 1.60 bits per heavy atom. The highest BCUT2D eigenvalue weighted by Crippen LogP contribution is 2.16. The highest BCUT2D eigenvalue weighted by atomic mass is 79.9. The van der Waals surface area contributed by atoms with E-state index in [1.165, 1.54) is 11.8 Å². The number of nitrogens with zero attached hydrogens (tertiary/aromatic N) is 2. The quantitative estimate of drug-likeness (QED) is 0.368. The van der Waals surface area contributed by atoms with Crippen LogP contribution in [0.15, 0.2) is 15.8 Å². The summed E-state index contributed by atoms with van der Waals surface area (Å²) in [6.45, 7) is 4.06. The van der Waals surface area contributed by atoms with Crippen molar-refractivity contribution in [2.45, 2.75) is 19.0 Å². The van der Waals surface area contributed by atoms with Gasteiger partial charge in [0.25, 0.3) is 0 Å². The zero-order valence-electron chi connectivity index (χ0n) is 8.49. The highest BCUT2D eigenvalue weighted by Gasteiger charge is 2.06. The van der Waals surface area contributed by atoms with Crippen molar-refractivity contribution in [2.75, 3.05) is 12.4 Å². The van der Waals surface area contributed by atoms with E-state index in [2.05, 4.69) is 25.9 Å². The minimum absolute atomic E-state index is 0.240. The molecule has 0 aliphatic rings. The number of esters is 1. The first-order valence-electron chi connectivity index (χ1n) is 4.41. The summed E-state index contributed by atoms with van der Waals surface area (Å²) in [5.41, 5.74) is 0.864. The molecule has 0 bridgehead atoms. The summed E-state index contributed by atoms with van der Waals surface area (Å²) in [6, 6.07) is 1.81. The molecular weight excluding hydrogens is 280 g/mol. The molecule has 0 spiro atoms. The summed E-state index contributed by atoms with van der Waals surface area (Å²) in [5.74, 6) is -0.00673. The van der Waals surface area contributed by atoms with Gasteiger partial charge in [0.15, 0.2) is 5.16 Å². The first kappa shape index (κ1) is 12.4. The van der Waals surface area contributed by atoms with Crippen LogP contribution in [0.25, 0.3) is 0 Å². The van der Waals surface area contributed by atoms with Crippen LogP contribution in [0.2, 0.25) is 0 Å². The number of aromatic nitrogens is 2. The van der Waals surface area contributed by atoms with Crippen LogP contribution in [0.3, 0.4) is 0 Å². The van der Waals surface area contributed by atoms with Gasteiger partial charge in [0.1, 0.15) is 4.60 Å². The van der Waals surface area contributed by atoms with E-state index >= 15 is 0 Å². The Hall–Kier alpha value is -0.620. The molecule has 1 aromatic rings. The SMILES string of the molecule is CCOC(=O)CSc1nc(C)cc(Br)n1. The average molecular weight is 291 g/mol. The number of carbonyl (C=O) groups is 1. The predicted octanol–water partition coefficient (Wildman–Crippen LogP) is 2.20. The van der Waals surface area contributed by atoms with Crippen molar-refractivity contribution in [1.29, 1.82) is 0 Å². The second-order valence-electron chi connectivity index (χ2n) is 2.71. The standard InChI is InChI=1S/C9H11BrN2O2S/c1-3-14-8(13)5-15-9-11-6(2)4-7(10)12-9/h4H,3,5H2,1-2H3. The molecule has 1 rings (SSSR count). The second-order valence-corrected chi connectivity index (χ2v) is 4.46. The van der Waals surface area contributed by atoms with Gasteiger partial charge in [0.05, 0.1) is 12.4 Å². The Morgan fingerprint density at radius 3 is 2.93 bits per heavy atom. The molecule has 0 N–H and O–H groups in total. The number of thioether (sulfide) groups is 1. The molecule has 1 heterocycles. The summed E-state index contributed by atoms with van der Waals surface area (Å²) >= 11 is 4.54. The maximum absolute atomic E-state index is 11.1. The van der Waals surface area contributed by atoms with E-state index in [0.29, 0.717) is 11.8 Å². The van der Waals surface area contributed by atoms with Crippen molar-refractivity contribution in [3.63, 3.8) is 0 Å². The summed E-state index contributed by atoms with van der Waals surface area (Å²) in [4.78, 5) is 19.4. The monoisotopic (exact) mass is 290 g/mol. The Balaban J connectivity index is 2.54. The van der Waals surface area contributed by atoms with Crippen LogP contribution in [0, 0.1) is 6.92 Å². The lowest BCUT2D eigenvalue weighted by molar-refractivity contribution is -0.139. The number of ether oxygens (including phenoxy) is 1. The largest absolute Gasteiger partial charge is 0.465 e. The van der Waals surface area contributed by atoms with Gasteiger partial charge >= 0.3 is 5.97 Å². The van der Waals surface area contributed by atoms with E-state index in [1.807, 2.05) is 13.0 Å². The zero-order chi connectivity index (χ0) is 11.3. The molecule has 1 aromatic heterocycles. The molecule has 0 fully saturated rings. The number of rotatable bonds is 4. The van der Waals surface area contributed by atoms with Crippen molar-refractivity contribution in [2.24, 2.45) is 0 Å². The Bertz CT molecular complexity index is 340. The lowest BCUT2D eigenvalue weighted by atomic mass is 10.5. The Kier molecular flexibility index (Phi) is 5.04. The van der Waals surface area contributed by atoms with Crippen LogP contribution < -0.4 is 0 Å². The number of hydrogen-bond acceptors (Lipinski definition) is 5. The second kappa shape index (κ2) is 6.07. The smallest absolute Gasteiger partial charge is 0.316 e. The molecule has 0 amide bonds. The molecule has 0 saturated carbocycles. The van der Waals surface area contributed by atoms with Crippen LogP contribution in [0.1, 0.15) is 12.6 Å². The molecular formula is C9H11BrN2O2S. The van der Waals surface area contributed by atoms with Gasteiger partial charge in [-0.3, -0.25) is 4.79 Å². The topological polar surface area (TPSA) is 52.1 Å². The summed E-state index contributed by atoms with van der Waals surface area (Å²) in [5, 5.41) is 0.579. The van der Waals surface area contributed by atoms with E-state index in [-0.39, 0.29) is 11.7 Å². The van der Waals surface area contributed by atoms with Crippen LogP contribution in [-0.4, -0.2) is 28.3 Å². The van der Waals surface area contributed by atoms with Gasteiger partial charge in [-0.15, -0.1) is 0 Å². The van der Waals surface area contributed by atoms with Crippen molar-refractivity contribution in [1.82, 2.24) is 9.97 Å². The molecule has 0 aromatic carbocycles. The maximum Gasteiger partial charge on any atom is 0.316 e. The fourth-order valence-corrected chi connectivity index (χ4v) is 2.21. The average Bonchev–Trinajstić information content (AvgIpc) is 2.14. The van der Waals surface area contributed by atoms with Crippen LogP contribution >= 0.6 is 27.7 Å². The first-order chi connectivity index (χ1) is 7.11. The lowest BCUT2D eigenvalue weighted by Crippen LogP contribution is -2.07.